The van der Waals surface area contributed by atoms with Crippen LogP contribution in [0.1, 0.15) is 13.8 Å². The molecule has 1 saturated heterocycles. The first-order valence-electron chi connectivity index (χ1n) is 5.69. The lowest BCUT2D eigenvalue weighted by Gasteiger charge is -2.15. The second-order valence-electron chi connectivity index (χ2n) is 4.55. The molecule has 1 aliphatic rings. The van der Waals surface area contributed by atoms with Crippen molar-refractivity contribution in [1.29, 1.82) is 0 Å². The van der Waals surface area contributed by atoms with E-state index in [1.54, 1.807) is 44.2 Å². The number of hydrogen-bond acceptors (Lipinski definition) is 4. The van der Waals surface area contributed by atoms with E-state index in [1.807, 2.05) is 0 Å². The van der Waals surface area contributed by atoms with Crippen molar-refractivity contribution in [1.82, 2.24) is 0 Å². The van der Waals surface area contributed by atoms with Gasteiger partial charge in [-0.05, 0) is 32.1 Å². The molecule has 0 radical (unpaired) electrons. The number of sulfone groups is 1. The van der Waals surface area contributed by atoms with E-state index in [4.69, 9.17) is 9.47 Å². The molecule has 0 N–H and O–H groups in total. The molecule has 18 heavy (non-hydrogen) atoms. The Bertz CT molecular complexity index is 531. The van der Waals surface area contributed by atoms with Gasteiger partial charge in [0.2, 0.25) is 0 Å². The maximum Gasteiger partial charge on any atom is 0.199 e. The molecule has 0 amide bonds. The maximum atomic E-state index is 12.0. The lowest BCUT2D eigenvalue weighted by atomic mass is 10.4. The van der Waals surface area contributed by atoms with Gasteiger partial charge in [-0.25, -0.2) is 8.42 Å². The summed E-state index contributed by atoms with van der Waals surface area (Å²) in [4.78, 5) is 0.277. The minimum absolute atomic E-state index is 0.277. The maximum absolute atomic E-state index is 12.0. The van der Waals surface area contributed by atoms with Crippen LogP contribution in [0.25, 0.3) is 0 Å². The quantitative estimate of drug-likeness (QED) is 0.842. The topological polar surface area (TPSA) is 52.6 Å². The predicted molar refractivity (Wildman–Crippen MR) is 67.7 cm³/mol. The van der Waals surface area contributed by atoms with Crippen molar-refractivity contribution in [3.05, 3.63) is 41.8 Å². The Labute approximate surface area is 107 Å². The van der Waals surface area contributed by atoms with Gasteiger partial charge in [0.05, 0.1) is 11.5 Å². The summed E-state index contributed by atoms with van der Waals surface area (Å²) in [6, 6.07) is 8.29. The molecule has 0 aromatic heterocycles. The molecule has 0 spiro atoms. The van der Waals surface area contributed by atoms with Gasteiger partial charge < -0.3 is 9.47 Å². The first-order valence-corrected chi connectivity index (χ1v) is 7.24. The van der Waals surface area contributed by atoms with Gasteiger partial charge in [-0.2, -0.15) is 0 Å². The molecule has 1 heterocycles. The van der Waals surface area contributed by atoms with Crippen LogP contribution in [0.4, 0.5) is 0 Å². The van der Waals surface area contributed by atoms with Crippen molar-refractivity contribution >= 4 is 9.84 Å². The molecule has 98 valence electrons. The summed E-state index contributed by atoms with van der Waals surface area (Å²) in [5.74, 6) is -0.647. The Balaban J connectivity index is 2.10. The van der Waals surface area contributed by atoms with E-state index in [1.165, 1.54) is 11.5 Å². The Morgan fingerprint density at radius 1 is 1.28 bits per heavy atom. The molecule has 1 aromatic carbocycles. The van der Waals surface area contributed by atoms with E-state index >= 15 is 0 Å². The number of rotatable bonds is 3. The van der Waals surface area contributed by atoms with Crippen LogP contribution in [-0.4, -0.2) is 26.9 Å². The minimum Gasteiger partial charge on any atom is -0.347 e. The summed E-state index contributed by atoms with van der Waals surface area (Å²) in [6.07, 6.45) is 1.20. The van der Waals surface area contributed by atoms with Crippen LogP contribution in [-0.2, 0) is 19.3 Å². The molecular weight excluding hydrogens is 252 g/mol. The largest absolute Gasteiger partial charge is 0.347 e. The Hall–Kier alpha value is -1.17. The average molecular weight is 268 g/mol. The second-order valence-corrected chi connectivity index (χ2v) is 6.39. The highest BCUT2D eigenvalue weighted by Gasteiger charge is 2.31. The molecule has 5 heteroatoms. The third-order valence-corrected chi connectivity index (χ3v) is 4.02. The zero-order valence-electron chi connectivity index (χ0n) is 10.4. The number of ether oxygens (including phenoxy) is 2. The van der Waals surface area contributed by atoms with Crippen LogP contribution in [0.2, 0.25) is 0 Å². The Kier molecular flexibility index (Phi) is 3.56. The first kappa shape index (κ1) is 13.3. The highest BCUT2D eigenvalue weighted by molar-refractivity contribution is 7.94. The van der Waals surface area contributed by atoms with Gasteiger partial charge in [-0.3, -0.25) is 0 Å². The van der Waals surface area contributed by atoms with E-state index < -0.39 is 15.6 Å². The standard InChI is InChI=1S/C13H16O4S/c1-13(2)16-10-11(17-13)8-9-18(14,15)12-6-4-3-5-7-12/h3-9,11H,10H2,1-2H3. The fraction of sp³-hybridized carbons (Fsp3) is 0.385. The summed E-state index contributed by atoms with van der Waals surface area (Å²) in [6.45, 7) is 3.97. The fourth-order valence-corrected chi connectivity index (χ4v) is 2.77. The van der Waals surface area contributed by atoms with Crippen molar-refractivity contribution in [2.45, 2.75) is 30.6 Å². The highest BCUT2D eigenvalue weighted by atomic mass is 32.2. The van der Waals surface area contributed by atoms with E-state index in [-0.39, 0.29) is 11.0 Å². The zero-order chi connectivity index (χ0) is 13.2. The molecule has 1 fully saturated rings. The third kappa shape index (κ3) is 3.19. The van der Waals surface area contributed by atoms with Gasteiger partial charge in [0, 0.05) is 5.41 Å². The fourth-order valence-electron chi connectivity index (χ4n) is 1.69. The van der Waals surface area contributed by atoms with Gasteiger partial charge in [0.1, 0.15) is 6.10 Å². The molecule has 4 nitrogen and oxygen atoms in total. The first-order chi connectivity index (χ1) is 8.39. The molecule has 0 aliphatic carbocycles. The predicted octanol–water partition coefficient (Wildman–Crippen LogP) is 2.13. The lowest BCUT2D eigenvalue weighted by Crippen LogP contribution is -2.20. The monoisotopic (exact) mass is 268 g/mol. The summed E-state index contributed by atoms with van der Waals surface area (Å²) >= 11 is 0. The molecule has 1 aromatic rings. The van der Waals surface area contributed by atoms with Gasteiger partial charge in [-0.1, -0.05) is 18.2 Å². The van der Waals surface area contributed by atoms with Crippen molar-refractivity contribution < 1.29 is 17.9 Å². The van der Waals surface area contributed by atoms with Crippen molar-refractivity contribution in [2.24, 2.45) is 0 Å². The van der Waals surface area contributed by atoms with Crippen molar-refractivity contribution in [2.75, 3.05) is 6.61 Å². The molecule has 2 rings (SSSR count). The van der Waals surface area contributed by atoms with E-state index in [9.17, 15) is 8.42 Å². The Morgan fingerprint density at radius 2 is 1.94 bits per heavy atom. The summed E-state index contributed by atoms with van der Waals surface area (Å²) < 4.78 is 34.8. The number of hydrogen-bond donors (Lipinski definition) is 0. The van der Waals surface area contributed by atoms with Crippen LogP contribution in [0.3, 0.4) is 0 Å². The van der Waals surface area contributed by atoms with Gasteiger partial charge in [0.15, 0.2) is 15.6 Å². The van der Waals surface area contributed by atoms with Crippen molar-refractivity contribution in [3.8, 4) is 0 Å². The molecule has 1 aliphatic heterocycles. The van der Waals surface area contributed by atoms with Crippen LogP contribution >= 0.6 is 0 Å². The van der Waals surface area contributed by atoms with Gasteiger partial charge >= 0.3 is 0 Å². The minimum atomic E-state index is -3.40. The third-order valence-electron chi connectivity index (χ3n) is 2.57. The van der Waals surface area contributed by atoms with Crippen LogP contribution in [0.5, 0.6) is 0 Å². The summed E-state index contributed by atoms with van der Waals surface area (Å²) in [7, 11) is -3.40. The smallest absolute Gasteiger partial charge is 0.199 e. The molecule has 0 saturated carbocycles. The van der Waals surface area contributed by atoms with Crippen LogP contribution in [0, 0.1) is 0 Å². The molecule has 1 unspecified atom stereocenters. The SMILES string of the molecule is CC1(C)OCC(C=CS(=O)(=O)c2ccccc2)O1. The van der Waals surface area contributed by atoms with E-state index in [2.05, 4.69) is 0 Å². The van der Waals surface area contributed by atoms with E-state index in [0.29, 0.717) is 6.61 Å². The zero-order valence-corrected chi connectivity index (χ0v) is 11.2. The lowest BCUT2D eigenvalue weighted by molar-refractivity contribution is -0.133. The normalized spacial score (nSPS) is 23.6. The number of benzene rings is 1. The molecule has 1 atom stereocenters. The summed E-state index contributed by atoms with van der Waals surface area (Å²) in [5, 5.41) is 1.18. The van der Waals surface area contributed by atoms with Crippen LogP contribution < -0.4 is 0 Å². The Morgan fingerprint density at radius 3 is 2.50 bits per heavy atom. The second kappa shape index (κ2) is 4.84. The van der Waals surface area contributed by atoms with Crippen molar-refractivity contribution in [3.63, 3.8) is 0 Å². The van der Waals surface area contributed by atoms with Gasteiger partial charge in [0.25, 0.3) is 0 Å². The van der Waals surface area contributed by atoms with Crippen LogP contribution in [0.15, 0.2) is 46.7 Å². The van der Waals surface area contributed by atoms with E-state index in [0.717, 1.165) is 0 Å². The molecule has 0 bridgehead atoms. The average Bonchev–Trinajstić information content (AvgIpc) is 2.68. The molecular formula is C13H16O4S. The van der Waals surface area contributed by atoms with Gasteiger partial charge in [-0.15, -0.1) is 0 Å². The summed E-state index contributed by atoms with van der Waals surface area (Å²) in [5.41, 5.74) is 0. The highest BCUT2D eigenvalue weighted by Crippen LogP contribution is 2.23.